The molecule has 3 atom stereocenters. The molecule has 1 aliphatic carbocycles. The van der Waals surface area contributed by atoms with E-state index in [0.29, 0.717) is 29.2 Å². The fraction of sp³-hybridized carbons (Fsp3) is 0.412. The third-order valence-electron chi connectivity index (χ3n) is 9.36. The third-order valence-corrected chi connectivity index (χ3v) is 9.36. The molecule has 2 saturated heterocycles. The van der Waals surface area contributed by atoms with Crippen LogP contribution in [-0.4, -0.2) is 79.5 Å². The van der Waals surface area contributed by atoms with Crippen LogP contribution in [0.4, 0.5) is 11.5 Å². The van der Waals surface area contributed by atoms with Gasteiger partial charge in [-0.05, 0) is 92.7 Å². The van der Waals surface area contributed by atoms with Crippen LogP contribution in [0.1, 0.15) is 62.3 Å². The Morgan fingerprint density at radius 2 is 1.55 bits per heavy atom. The fourth-order valence-electron chi connectivity index (χ4n) is 6.81. The molecule has 6 rings (SSSR count). The van der Waals surface area contributed by atoms with Crippen molar-refractivity contribution in [2.24, 2.45) is 11.7 Å². The van der Waals surface area contributed by atoms with Crippen LogP contribution in [0, 0.1) is 5.92 Å². The Morgan fingerprint density at radius 1 is 0.841 bits per heavy atom. The van der Waals surface area contributed by atoms with Crippen LogP contribution in [0.2, 0.25) is 0 Å². The summed E-state index contributed by atoms with van der Waals surface area (Å²) in [5, 5.41) is 6.21. The highest BCUT2D eigenvalue weighted by molar-refractivity contribution is 5.97. The number of nitrogens with two attached hydrogens (primary N) is 1. The predicted octanol–water partition coefficient (Wildman–Crippen LogP) is 3.04. The van der Waals surface area contributed by atoms with E-state index < -0.39 is 5.91 Å². The molecule has 2 aliphatic heterocycles. The zero-order chi connectivity index (χ0) is 30.6. The number of nitrogens with zero attached hydrogens (tertiary/aromatic N) is 4. The van der Waals surface area contributed by atoms with Crippen LogP contribution in [-0.2, 0) is 6.54 Å². The van der Waals surface area contributed by atoms with Gasteiger partial charge in [-0.3, -0.25) is 14.4 Å². The van der Waals surface area contributed by atoms with Gasteiger partial charge < -0.3 is 31.1 Å². The molecule has 44 heavy (non-hydrogen) atoms. The van der Waals surface area contributed by atoms with Gasteiger partial charge in [0, 0.05) is 74.4 Å². The van der Waals surface area contributed by atoms with Gasteiger partial charge in [0.05, 0.1) is 5.56 Å². The maximum Gasteiger partial charge on any atom is 0.253 e. The molecular weight excluding hydrogens is 554 g/mol. The van der Waals surface area contributed by atoms with E-state index in [1.165, 1.54) is 5.69 Å². The molecule has 0 spiro atoms. The number of piperidine rings is 1. The summed E-state index contributed by atoms with van der Waals surface area (Å²) in [5.41, 5.74) is 9.03. The van der Waals surface area contributed by atoms with Gasteiger partial charge in [0.15, 0.2) is 0 Å². The van der Waals surface area contributed by atoms with Gasteiger partial charge in [0.2, 0.25) is 5.91 Å². The van der Waals surface area contributed by atoms with E-state index in [1.54, 1.807) is 30.5 Å². The number of primary amides is 1. The number of fused-ring (bicyclic) bond motifs is 1. The second-order valence-corrected chi connectivity index (χ2v) is 12.3. The molecule has 2 aromatic carbocycles. The van der Waals surface area contributed by atoms with Gasteiger partial charge in [-0.15, -0.1) is 0 Å². The van der Waals surface area contributed by atoms with Gasteiger partial charge in [0.1, 0.15) is 5.82 Å². The third kappa shape index (κ3) is 6.70. The highest BCUT2D eigenvalue weighted by Gasteiger charge is 2.41. The Balaban J connectivity index is 1.01. The predicted molar refractivity (Wildman–Crippen MR) is 171 cm³/mol. The maximum atomic E-state index is 12.9. The average molecular weight is 596 g/mol. The first-order valence-corrected chi connectivity index (χ1v) is 15.6. The topological polar surface area (TPSA) is 124 Å². The average Bonchev–Trinajstić information content (AvgIpc) is 3.47. The molecule has 3 amide bonds. The van der Waals surface area contributed by atoms with E-state index in [-0.39, 0.29) is 23.9 Å². The van der Waals surface area contributed by atoms with Crippen LogP contribution in [0.25, 0.3) is 0 Å². The summed E-state index contributed by atoms with van der Waals surface area (Å²) in [4.78, 5) is 48.9. The Bertz CT molecular complexity index is 1470. The number of anilines is 2. The lowest BCUT2D eigenvalue weighted by Gasteiger charge is -2.38. The van der Waals surface area contributed by atoms with Crippen molar-refractivity contribution in [3.8, 4) is 0 Å². The minimum atomic E-state index is -0.512. The van der Waals surface area contributed by atoms with E-state index in [1.807, 2.05) is 12.1 Å². The lowest BCUT2D eigenvalue weighted by atomic mass is 9.92. The SMILES string of the molecule is CN1CCN(c2ccc(CNC(=O)c3ccc(N4CCCC5CC(NC(=O)c6ccc(C(N)=O)cc6)CC54)nc3)cc2)CC1. The molecule has 3 fully saturated rings. The molecule has 230 valence electrons. The van der Waals surface area contributed by atoms with E-state index >= 15 is 0 Å². The van der Waals surface area contributed by atoms with E-state index in [0.717, 1.165) is 69.8 Å². The first-order chi connectivity index (χ1) is 21.3. The second kappa shape index (κ2) is 13.1. The monoisotopic (exact) mass is 595 g/mol. The molecule has 0 bridgehead atoms. The van der Waals surface area contributed by atoms with Gasteiger partial charge >= 0.3 is 0 Å². The summed E-state index contributed by atoms with van der Waals surface area (Å²) < 4.78 is 0. The van der Waals surface area contributed by atoms with Gasteiger partial charge in [-0.2, -0.15) is 0 Å². The quantitative estimate of drug-likeness (QED) is 0.366. The summed E-state index contributed by atoms with van der Waals surface area (Å²) >= 11 is 0. The Hall–Kier alpha value is -4.44. The molecule has 3 aromatic rings. The Morgan fingerprint density at radius 3 is 2.23 bits per heavy atom. The molecule has 4 N–H and O–H groups in total. The minimum Gasteiger partial charge on any atom is -0.369 e. The zero-order valence-electron chi connectivity index (χ0n) is 25.2. The number of amides is 3. The van der Waals surface area contributed by atoms with Crippen molar-refractivity contribution in [3.05, 3.63) is 89.1 Å². The number of rotatable bonds is 8. The molecular formula is C34H41N7O3. The first kappa shape index (κ1) is 29.6. The molecule has 3 unspecified atom stereocenters. The van der Waals surface area contributed by atoms with Gasteiger partial charge in [0.25, 0.3) is 11.8 Å². The van der Waals surface area contributed by atoms with Crippen LogP contribution < -0.4 is 26.2 Å². The molecule has 3 aliphatic rings. The summed E-state index contributed by atoms with van der Waals surface area (Å²) in [6.07, 6.45) is 5.61. The van der Waals surface area contributed by atoms with Crippen LogP contribution >= 0.6 is 0 Å². The highest BCUT2D eigenvalue weighted by atomic mass is 16.2. The number of benzene rings is 2. The summed E-state index contributed by atoms with van der Waals surface area (Å²) in [6, 6.07) is 19.0. The number of hydrogen-bond acceptors (Lipinski definition) is 7. The Kier molecular flexibility index (Phi) is 8.79. The van der Waals surface area contributed by atoms with Crippen molar-refractivity contribution in [3.63, 3.8) is 0 Å². The number of pyridine rings is 1. The zero-order valence-corrected chi connectivity index (χ0v) is 25.2. The molecule has 10 heteroatoms. The largest absolute Gasteiger partial charge is 0.369 e. The number of aromatic nitrogens is 1. The van der Waals surface area contributed by atoms with Gasteiger partial charge in [-0.1, -0.05) is 12.1 Å². The van der Waals surface area contributed by atoms with Crippen molar-refractivity contribution in [1.29, 1.82) is 0 Å². The van der Waals surface area contributed by atoms with Crippen LogP contribution in [0.3, 0.4) is 0 Å². The number of piperazine rings is 1. The minimum absolute atomic E-state index is 0.0644. The first-order valence-electron chi connectivity index (χ1n) is 15.6. The van der Waals surface area contributed by atoms with E-state index in [2.05, 4.69) is 56.6 Å². The molecule has 1 aromatic heterocycles. The Labute approximate surface area is 258 Å². The lowest BCUT2D eigenvalue weighted by molar-refractivity contribution is 0.0932. The number of nitrogens with one attached hydrogen (secondary N) is 2. The van der Waals surface area contributed by atoms with Crippen molar-refractivity contribution < 1.29 is 14.4 Å². The smallest absolute Gasteiger partial charge is 0.253 e. The molecule has 0 radical (unpaired) electrons. The number of hydrogen-bond donors (Lipinski definition) is 3. The standard InChI is InChI=1S/C34H41N7O3/c1-39-15-17-40(18-16-39)29-11-4-23(5-12-29)21-37-33(43)27-10-13-31(36-22-27)41-14-2-3-26-19-28(20-30(26)41)38-34(44)25-8-6-24(7-9-25)32(35)42/h4-13,22,26,28,30H,2-3,14-21H2,1H3,(H2,35,42)(H,37,43)(H,38,44). The lowest BCUT2D eigenvalue weighted by Crippen LogP contribution is -2.44. The number of carbonyl (C=O) groups excluding carboxylic acids is 3. The molecule has 10 nitrogen and oxygen atoms in total. The van der Waals surface area contributed by atoms with E-state index in [4.69, 9.17) is 10.7 Å². The summed E-state index contributed by atoms with van der Waals surface area (Å²) in [7, 11) is 2.15. The van der Waals surface area contributed by atoms with Gasteiger partial charge in [-0.25, -0.2) is 4.98 Å². The van der Waals surface area contributed by atoms with E-state index in [9.17, 15) is 14.4 Å². The van der Waals surface area contributed by atoms with Crippen molar-refractivity contribution in [1.82, 2.24) is 20.5 Å². The van der Waals surface area contributed by atoms with Crippen molar-refractivity contribution in [2.45, 2.75) is 44.3 Å². The maximum absolute atomic E-state index is 12.9. The summed E-state index contributed by atoms with van der Waals surface area (Å²) in [6.45, 7) is 5.56. The number of carbonyl (C=O) groups is 3. The van der Waals surface area contributed by atoms with Crippen LogP contribution in [0.15, 0.2) is 66.9 Å². The van der Waals surface area contributed by atoms with Crippen molar-refractivity contribution in [2.75, 3.05) is 49.6 Å². The second-order valence-electron chi connectivity index (χ2n) is 12.3. The fourth-order valence-corrected chi connectivity index (χ4v) is 6.81. The van der Waals surface area contributed by atoms with Crippen molar-refractivity contribution >= 4 is 29.2 Å². The summed E-state index contributed by atoms with van der Waals surface area (Å²) in [5.74, 6) is 0.539. The normalized spacial score (nSPS) is 21.9. The number of likely N-dealkylation sites (N-methyl/N-ethyl adjacent to an activating group) is 1. The molecule has 3 heterocycles. The molecule has 1 saturated carbocycles. The highest BCUT2D eigenvalue weighted by Crippen LogP contribution is 2.39. The van der Waals surface area contributed by atoms with Crippen LogP contribution in [0.5, 0.6) is 0 Å².